The molecule has 3 atom stereocenters. The van der Waals surface area contributed by atoms with Crippen molar-refractivity contribution in [2.75, 3.05) is 0 Å². The van der Waals surface area contributed by atoms with Crippen LogP contribution in [-0.2, 0) is 16.0 Å². The number of rotatable bonds is 3. The van der Waals surface area contributed by atoms with Gasteiger partial charge in [-0.05, 0) is 31.7 Å². The molecule has 5 nitrogen and oxygen atoms in total. The number of aliphatic carboxylic acids is 1. The fraction of sp³-hybridized carbons (Fsp3) is 0.571. The summed E-state index contributed by atoms with van der Waals surface area (Å²) in [7, 11) is 0. The lowest BCUT2D eigenvalue weighted by Crippen LogP contribution is -2.45. The second kappa shape index (κ2) is 4.72. The van der Waals surface area contributed by atoms with Crippen molar-refractivity contribution in [2.45, 2.75) is 38.1 Å². The van der Waals surface area contributed by atoms with Gasteiger partial charge in [0.15, 0.2) is 0 Å². The highest BCUT2D eigenvalue weighted by Crippen LogP contribution is 2.36. The molecule has 2 N–H and O–H groups in total. The highest BCUT2D eigenvalue weighted by Gasteiger charge is 2.42. The molecule has 3 rings (SSSR count). The first-order valence-electron chi connectivity index (χ1n) is 6.76. The standard InChI is InChI=1S/C14H17NO4/c16-13(8-4-5-9(8)14(17)18)15-11-2-1-3-12-10(11)6-7-19-12/h6-9,11H,1-5H2,(H,15,16)(H,17,18). The van der Waals surface area contributed by atoms with Crippen LogP contribution in [-0.4, -0.2) is 17.0 Å². The first-order chi connectivity index (χ1) is 9.16. The molecule has 1 heterocycles. The van der Waals surface area contributed by atoms with Crippen molar-refractivity contribution in [3.05, 3.63) is 23.7 Å². The molecule has 0 bridgehead atoms. The predicted octanol–water partition coefficient (Wildman–Crippen LogP) is 1.88. The van der Waals surface area contributed by atoms with Crippen molar-refractivity contribution >= 4 is 11.9 Å². The number of carboxylic acids is 1. The fourth-order valence-electron chi connectivity index (χ4n) is 3.02. The van der Waals surface area contributed by atoms with Crippen molar-refractivity contribution < 1.29 is 19.1 Å². The SMILES string of the molecule is O=C(O)C1CCC1C(=O)NC1CCCc2occc21. The van der Waals surface area contributed by atoms with Crippen LogP contribution >= 0.6 is 0 Å². The Morgan fingerprint density at radius 3 is 2.74 bits per heavy atom. The van der Waals surface area contributed by atoms with Crippen molar-refractivity contribution in [2.24, 2.45) is 11.8 Å². The summed E-state index contributed by atoms with van der Waals surface area (Å²) in [6, 6.07) is 1.87. The number of hydrogen-bond acceptors (Lipinski definition) is 3. The Bertz CT molecular complexity index is 507. The first kappa shape index (κ1) is 12.3. The van der Waals surface area contributed by atoms with Crippen LogP contribution in [0.2, 0.25) is 0 Å². The van der Waals surface area contributed by atoms with E-state index in [1.54, 1.807) is 6.26 Å². The van der Waals surface area contributed by atoms with Gasteiger partial charge in [0.25, 0.3) is 0 Å². The van der Waals surface area contributed by atoms with Crippen molar-refractivity contribution in [1.29, 1.82) is 0 Å². The number of nitrogens with one attached hydrogen (secondary N) is 1. The number of fused-ring (bicyclic) bond motifs is 1. The van der Waals surface area contributed by atoms with Gasteiger partial charge in [0.05, 0.1) is 24.1 Å². The maximum Gasteiger partial charge on any atom is 0.307 e. The lowest BCUT2D eigenvalue weighted by molar-refractivity contribution is -0.153. The highest BCUT2D eigenvalue weighted by atomic mass is 16.4. The molecule has 3 unspecified atom stereocenters. The van der Waals surface area contributed by atoms with Crippen LogP contribution in [0.1, 0.15) is 43.0 Å². The van der Waals surface area contributed by atoms with Gasteiger partial charge in [0, 0.05) is 12.0 Å². The molecule has 1 saturated carbocycles. The molecule has 1 aromatic heterocycles. The smallest absolute Gasteiger partial charge is 0.307 e. The summed E-state index contributed by atoms with van der Waals surface area (Å²) in [6.07, 6.45) is 5.72. The molecule has 0 spiro atoms. The van der Waals surface area contributed by atoms with E-state index in [4.69, 9.17) is 9.52 Å². The van der Waals surface area contributed by atoms with Crippen LogP contribution in [0.4, 0.5) is 0 Å². The predicted molar refractivity (Wildman–Crippen MR) is 66.4 cm³/mol. The third-order valence-corrected chi connectivity index (χ3v) is 4.30. The quantitative estimate of drug-likeness (QED) is 0.872. The lowest BCUT2D eigenvalue weighted by Gasteiger charge is -2.34. The zero-order chi connectivity index (χ0) is 13.4. The van der Waals surface area contributed by atoms with Crippen molar-refractivity contribution in [3.63, 3.8) is 0 Å². The third-order valence-electron chi connectivity index (χ3n) is 4.30. The minimum atomic E-state index is -0.862. The minimum absolute atomic E-state index is 0.0231. The molecule has 0 aromatic carbocycles. The summed E-state index contributed by atoms with van der Waals surface area (Å²) < 4.78 is 5.38. The number of furan rings is 1. The molecule has 1 amide bonds. The van der Waals surface area contributed by atoms with E-state index in [9.17, 15) is 9.59 Å². The van der Waals surface area contributed by atoms with E-state index >= 15 is 0 Å². The number of carboxylic acid groups (broad SMARTS) is 1. The molecule has 0 saturated heterocycles. The summed E-state index contributed by atoms with van der Waals surface area (Å²) in [5.74, 6) is -0.918. The molecular formula is C14H17NO4. The van der Waals surface area contributed by atoms with E-state index in [0.29, 0.717) is 12.8 Å². The zero-order valence-electron chi connectivity index (χ0n) is 10.6. The molecule has 1 fully saturated rings. The molecule has 19 heavy (non-hydrogen) atoms. The third kappa shape index (κ3) is 2.13. The van der Waals surface area contributed by atoms with Gasteiger partial charge in [-0.3, -0.25) is 9.59 Å². The van der Waals surface area contributed by atoms with E-state index < -0.39 is 11.9 Å². The molecule has 5 heteroatoms. The van der Waals surface area contributed by atoms with Gasteiger partial charge in [0.2, 0.25) is 5.91 Å². The van der Waals surface area contributed by atoms with E-state index in [0.717, 1.165) is 30.6 Å². The molecule has 2 aliphatic carbocycles. The molecular weight excluding hydrogens is 246 g/mol. The van der Waals surface area contributed by atoms with Gasteiger partial charge in [0.1, 0.15) is 5.76 Å². The second-order valence-corrected chi connectivity index (χ2v) is 5.38. The number of carbonyl (C=O) groups is 2. The second-order valence-electron chi connectivity index (χ2n) is 5.38. The van der Waals surface area contributed by atoms with Gasteiger partial charge in [-0.25, -0.2) is 0 Å². The summed E-state index contributed by atoms with van der Waals surface area (Å²) >= 11 is 0. The van der Waals surface area contributed by atoms with Crippen molar-refractivity contribution in [3.8, 4) is 0 Å². The van der Waals surface area contributed by atoms with E-state index in [2.05, 4.69) is 5.32 Å². The normalized spacial score (nSPS) is 29.2. The van der Waals surface area contributed by atoms with E-state index in [1.807, 2.05) is 6.07 Å². The average Bonchev–Trinajstić information content (AvgIpc) is 2.75. The Morgan fingerprint density at radius 1 is 1.26 bits per heavy atom. The van der Waals surface area contributed by atoms with Gasteiger partial charge >= 0.3 is 5.97 Å². The minimum Gasteiger partial charge on any atom is -0.481 e. The summed E-state index contributed by atoms with van der Waals surface area (Å²) in [6.45, 7) is 0. The van der Waals surface area contributed by atoms with Gasteiger partial charge in [-0.15, -0.1) is 0 Å². The molecule has 0 aliphatic heterocycles. The zero-order valence-corrected chi connectivity index (χ0v) is 10.6. The fourth-order valence-corrected chi connectivity index (χ4v) is 3.02. The Morgan fingerprint density at radius 2 is 2.05 bits per heavy atom. The Hall–Kier alpha value is -1.78. The number of carbonyl (C=O) groups excluding carboxylic acids is 1. The van der Waals surface area contributed by atoms with Crippen molar-refractivity contribution in [1.82, 2.24) is 5.32 Å². The van der Waals surface area contributed by atoms with Crippen LogP contribution in [0, 0.1) is 11.8 Å². The molecule has 0 radical (unpaired) electrons. The molecule has 102 valence electrons. The highest BCUT2D eigenvalue weighted by molar-refractivity contribution is 5.86. The van der Waals surface area contributed by atoms with Crippen LogP contribution < -0.4 is 5.32 Å². The topological polar surface area (TPSA) is 79.5 Å². The average molecular weight is 263 g/mol. The number of hydrogen-bond donors (Lipinski definition) is 2. The number of amides is 1. The van der Waals surface area contributed by atoms with Gasteiger partial charge in [-0.1, -0.05) is 0 Å². The van der Waals surface area contributed by atoms with Crippen LogP contribution in [0.5, 0.6) is 0 Å². The Balaban J connectivity index is 1.67. The molecule has 1 aromatic rings. The van der Waals surface area contributed by atoms with Crippen LogP contribution in [0.3, 0.4) is 0 Å². The molecule has 2 aliphatic rings. The van der Waals surface area contributed by atoms with Gasteiger partial charge in [-0.2, -0.15) is 0 Å². The Kier molecular flexibility index (Phi) is 3.05. The van der Waals surface area contributed by atoms with Gasteiger partial charge < -0.3 is 14.8 Å². The first-order valence-corrected chi connectivity index (χ1v) is 6.76. The van der Waals surface area contributed by atoms with Crippen LogP contribution in [0.15, 0.2) is 16.7 Å². The maximum atomic E-state index is 12.1. The Labute approximate surface area is 111 Å². The number of aryl methyl sites for hydroxylation is 1. The monoisotopic (exact) mass is 263 g/mol. The van der Waals surface area contributed by atoms with E-state index in [-0.39, 0.29) is 17.9 Å². The van der Waals surface area contributed by atoms with Crippen LogP contribution in [0.25, 0.3) is 0 Å². The summed E-state index contributed by atoms with van der Waals surface area (Å²) in [5.41, 5.74) is 1.05. The summed E-state index contributed by atoms with van der Waals surface area (Å²) in [4.78, 5) is 23.1. The summed E-state index contributed by atoms with van der Waals surface area (Å²) in [5, 5.41) is 12.0. The largest absolute Gasteiger partial charge is 0.481 e. The maximum absolute atomic E-state index is 12.1. The lowest BCUT2D eigenvalue weighted by atomic mass is 9.73. The van der Waals surface area contributed by atoms with E-state index in [1.165, 1.54) is 0 Å².